The van der Waals surface area contributed by atoms with E-state index in [0.717, 1.165) is 22.3 Å². The number of hydrogen-bond acceptors (Lipinski definition) is 3. The SMILES string of the molecule is CC(C)=CC(NN)c1oc2ccc(F)cc2c1C. The van der Waals surface area contributed by atoms with E-state index in [1.54, 1.807) is 6.07 Å². The van der Waals surface area contributed by atoms with Gasteiger partial charge in [0.25, 0.3) is 0 Å². The van der Waals surface area contributed by atoms with Gasteiger partial charge < -0.3 is 4.42 Å². The van der Waals surface area contributed by atoms with Crippen LogP contribution < -0.4 is 11.3 Å². The zero-order chi connectivity index (χ0) is 13.3. The van der Waals surface area contributed by atoms with Gasteiger partial charge >= 0.3 is 0 Å². The molecule has 3 nitrogen and oxygen atoms in total. The summed E-state index contributed by atoms with van der Waals surface area (Å²) >= 11 is 0. The van der Waals surface area contributed by atoms with Gasteiger partial charge in [-0.15, -0.1) is 0 Å². The molecule has 1 unspecified atom stereocenters. The molecule has 0 radical (unpaired) electrons. The van der Waals surface area contributed by atoms with Gasteiger partial charge in [-0.2, -0.15) is 0 Å². The Morgan fingerprint density at radius 1 is 1.44 bits per heavy atom. The maximum absolute atomic E-state index is 13.2. The van der Waals surface area contributed by atoms with Crippen molar-refractivity contribution in [2.45, 2.75) is 26.8 Å². The number of halogens is 1. The molecule has 1 aromatic heterocycles. The smallest absolute Gasteiger partial charge is 0.134 e. The lowest BCUT2D eigenvalue weighted by Gasteiger charge is -2.10. The van der Waals surface area contributed by atoms with Crippen molar-refractivity contribution in [2.24, 2.45) is 5.84 Å². The third-order valence-corrected chi connectivity index (χ3v) is 2.90. The van der Waals surface area contributed by atoms with Gasteiger partial charge in [0, 0.05) is 10.9 Å². The Labute approximate surface area is 105 Å². The first-order chi connectivity index (χ1) is 8.52. The Kier molecular flexibility index (Phi) is 3.50. The lowest BCUT2D eigenvalue weighted by molar-refractivity contribution is 0.480. The fraction of sp³-hybridized carbons (Fsp3) is 0.286. The summed E-state index contributed by atoms with van der Waals surface area (Å²) in [6, 6.07) is 4.30. The van der Waals surface area contributed by atoms with Gasteiger partial charge in [0.2, 0.25) is 0 Å². The molecule has 3 N–H and O–H groups in total. The van der Waals surface area contributed by atoms with E-state index >= 15 is 0 Å². The summed E-state index contributed by atoms with van der Waals surface area (Å²) < 4.78 is 19.0. The molecule has 1 atom stereocenters. The number of benzene rings is 1. The lowest BCUT2D eigenvalue weighted by Crippen LogP contribution is -2.26. The highest BCUT2D eigenvalue weighted by Gasteiger charge is 2.17. The molecule has 1 aromatic carbocycles. The number of nitrogens with two attached hydrogens (primary N) is 1. The van der Waals surface area contributed by atoms with E-state index in [1.807, 2.05) is 26.8 Å². The van der Waals surface area contributed by atoms with Crippen LogP contribution in [0.3, 0.4) is 0 Å². The molecule has 0 saturated heterocycles. The van der Waals surface area contributed by atoms with Crippen LogP contribution in [0.4, 0.5) is 4.39 Å². The first-order valence-corrected chi connectivity index (χ1v) is 5.82. The third-order valence-electron chi connectivity index (χ3n) is 2.90. The van der Waals surface area contributed by atoms with Crippen LogP contribution in [0.25, 0.3) is 11.0 Å². The molecule has 0 aliphatic carbocycles. The zero-order valence-corrected chi connectivity index (χ0v) is 10.8. The van der Waals surface area contributed by atoms with Gasteiger partial charge in [0.05, 0.1) is 6.04 Å². The molecule has 0 saturated carbocycles. The zero-order valence-electron chi connectivity index (χ0n) is 10.8. The minimum absolute atomic E-state index is 0.203. The van der Waals surface area contributed by atoms with Crippen LogP contribution in [0.5, 0.6) is 0 Å². The molecule has 18 heavy (non-hydrogen) atoms. The second kappa shape index (κ2) is 4.92. The molecule has 4 heteroatoms. The molecule has 2 aromatic rings. The molecule has 96 valence electrons. The number of fused-ring (bicyclic) bond motifs is 1. The predicted molar refractivity (Wildman–Crippen MR) is 70.4 cm³/mol. The Hall–Kier alpha value is -1.65. The number of allylic oxidation sites excluding steroid dienone is 1. The number of nitrogens with one attached hydrogen (secondary N) is 1. The summed E-state index contributed by atoms with van der Waals surface area (Å²) in [5, 5.41) is 0.785. The average Bonchev–Trinajstić information content (AvgIpc) is 2.64. The summed E-state index contributed by atoms with van der Waals surface area (Å²) in [7, 11) is 0. The second-order valence-corrected chi connectivity index (χ2v) is 4.62. The third kappa shape index (κ3) is 2.30. The maximum Gasteiger partial charge on any atom is 0.134 e. The van der Waals surface area contributed by atoms with Crippen molar-refractivity contribution in [1.29, 1.82) is 0 Å². The van der Waals surface area contributed by atoms with Crippen LogP contribution in [0.15, 0.2) is 34.3 Å². The normalized spacial score (nSPS) is 12.7. The van der Waals surface area contributed by atoms with E-state index < -0.39 is 0 Å². The number of aryl methyl sites for hydroxylation is 1. The van der Waals surface area contributed by atoms with E-state index in [4.69, 9.17) is 10.3 Å². The van der Waals surface area contributed by atoms with Crippen molar-refractivity contribution < 1.29 is 8.81 Å². The van der Waals surface area contributed by atoms with Gasteiger partial charge in [0.15, 0.2) is 0 Å². The number of rotatable bonds is 3. The topological polar surface area (TPSA) is 51.2 Å². The molecule has 0 amide bonds. The lowest BCUT2D eigenvalue weighted by atomic mass is 10.1. The molecule has 0 spiro atoms. The van der Waals surface area contributed by atoms with Crippen LogP contribution in [-0.4, -0.2) is 0 Å². The van der Waals surface area contributed by atoms with Crippen LogP contribution in [0, 0.1) is 12.7 Å². The van der Waals surface area contributed by atoms with E-state index in [-0.39, 0.29) is 11.9 Å². The number of hydrogen-bond donors (Lipinski definition) is 2. The number of furan rings is 1. The van der Waals surface area contributed by atoms with Gasteiger partial charge in [-0.05, 0) is 39.0 Å². The van der Waals surface area contributed by atoms with Gasteiger partial charge in [0.1, 0.15) is 17.2 Å². The van der Waals surface area contributed by atoms with Crippen molar-refractivity contribution >= 4 is 11.0 Å². The molecular weight excluding hydrogens is 231 g/mol. The highest BCUT2D eigenvalue weighted by molar-refractivity contribution is 5.82. The quantitative estimate of drug-likeness (QED) is 0.497. The Balaban J connectivity index is 2.57. The summed E-state index contributed by atoms with van der Waals surface area (Å²) in [6.07, 6.45) is 1.97. The summed E-state index contributed by atoms with van der Waals surface area (Å²) in [4.78, 5) is 0. The predicted octanol–water partition coefficient (Wildman–Crippen LogP) is 3.35. The highest BCUT2D eigenvalue weighted by Crippen LogP contribution is 2.30. The van der Waals surface area contributed by atoms with Crippen LogP contribution in [0.2, 0.25) is 0 Å². The van der Waals surface area contributed by atoms with Gasteiger partial charge in [-0.25, -0.2) is 9.82 Å². The molecule has 1 heterocycles. The van der Waals surface area contributed by atoms with Crippen molar-refractivity contribution in [3.63, 3.8) is 0 Å². The summed E-state index contributed by atoms with van der Waals surface area (Å²) in [6.45, 7) is 5.88. The fourth-order valence-electron chi connectivity index (χ4n) is 2.04. The molecule has 0 aliphatic rings. The molecule has 2 rings (SSSR count). The Bertz CT molecular complexity index is 597. The minimum atomic E-state index is -0.266. The Morgan fingerprint density at radius 3 is 2.78 bits per heavy atom. The van der Waals surface area contributed by atoms with Gasteiger partial charge in [-0.1, -0.05) is 11.6 Å². The van der Waals surface area contributed by atoms with E-state index in [1.165, 1.54) is 12.1 Å². The highest BCUT2D eigenvalue weighted by atomic mass is 19.1. The average molecular weight is 248 g/mol. The maximum atomic E-state index is 13.2. The minimum Gasteiger partial charge on any atom is -0.459 e. The number of hydrazine groups is 1. The van der Waals surface area contributed by atoms with Crippen LogP contribution >= 0.6 is 0 Å². The largest absolute Gasteiger partial charge is 0.459 e. The van der Waals surface area contributed by atoms with Gasteiger partial charge in [-0.3, -0.25) is 5.84 Å². The van der Waals surface area contributed by atoms with Crippen molar-refractivity contribution in [1.82, 2.24) is 5.43 Å². The molecule has 0 aliphatic heterocycles. The standard InChI is InChI=1S/C14H17FN2O/c1-8(2)6-12(17-16)14-9(3)11-7-10(15)4-5-13(11)18-14/h4-7,12,17H,16H2,1-3H3. The summed E-state index contributed by atoms with van der Waals surface area (Å²) in [5.41, 5.74) is 5.41. The first-order valence-electron chi connectivity index (χ1n) is 5.82. The van der Waals surface area contributed by atoms with E-state index in [9.17, 15) is 4.39 Å². The molecule has 0 fully saturated rings. The van der Waals surface area contributed by atoms with Crippen molar-refractivity contribution in [2.75, 3.05) is 0 Å². The first kappa shape index (κ1) is 12.8. The monoisotopic (exact) mass is 248 g/mol. The van der Waals surface area contributed by atoms with E-state index in [2.05, 4.69) is 5.43 Å². The van der Waals surface area contributed by atoms with Crippen LogP contribution in [-0.2, 0) is 0 Å². The van der Waals surface area contributed by atoms with Crippen LogP contribution in [0.1, 0.15) is 31.2 Å². The second-order valence-electron chi connectivity index (χ2n) is 4.62. The molecule has 0 bridgehead atoms. The van der Waals surface area contributed by atoms with E-state index in [0.29, 0.717) is 5.58 Å². The Morgan fingerprint density at radius 2 is 2.17 bits per heavy atom. The van der Waals surface area contributed by atoms with Crippen molar-refractivity contribution in [3.05, 3.63) is 47.0 Å². The molecular formula is C14H17FN2O. The summed E-state index contributed by atoms with van der Waals surface area (Å²) in [5.74, 6) is 6.00. The fourth-order valence-corrected chi connectivity index (χ4v) is 2.04. The van der Waals surface area contributed by atoms with Crippen molar-refractivity contribution in [3.8, 4) is 0 Å².